The van der Waals surface area contributed by atoms with Gasteiger partial charge in [0.15, 0.2) is 17.7 Å². The van der Waals surface area contributed by atoms with Crippen molar-refractivity contribution < 1.29 is 23.1 Å². The van der Waals surface area contributed by atoms with E-state index in [1.807, 2.05) is 24.3 Å². The molecule has 2 aromatic carbocycles. The number of esters is 1. The van der Waals surface area contributed by atoms with Crippen LogP contribution in [0.1, 0.15) is 22.3 Å². The van der Waals surface area contributed by atoms with Crippen LogP contribution >= 0.6 is 11.3 Å². The molecule has 27 heavy (non-hydrogen) atoms. The Morgan fingerprint density at radius 1 is 1.19 bits per heavy atom. The molecule has 0 saturated heterocycles. The summed E-state index contributed by atoms with van der Waals surface area (Å²) in [4.78, 5) is 30.3. The Morgan fingerprint density at radius 3 is 2.63 bits per heavy atom. The fourth-order valence-corrected chi connectivity index (χ4v) is 3.50. The van der Waals surface area contributed by atoms with Gasteiger partial charge in [-0.25, -0.2) is 18.6 Å². The number of aromatic nitrogens is 1. The van der Waals surface area contributed by atoms with Gasteiger partial charge in [0.1, 0.15) is 5.01 Å². The molecule has 1 amide bonds. The van der Waals surface area contributed by atoms with E-state index < -0.39 is 29.6 Å². The zero-order valence-corrected chi connectivity index (χ0v) is 15.4. The van der Waals surface area contributed by atoms with Gasteiger partial charge in [0, 0.05) is 7.05 Å². The second-order valence-corrected chi connectivity index (χ2v) is 7.06. The lowest BCUT2D eigenvalue weighted by molar-refractivity contribution is -0.139. The molecule has 0 saturated carbocycles. The zero-order valence-electron chi connectivity index (χ0n) is 14.6. The highest BCUT2D eigenvalue weighted by molar-refractivity contribution is 7.18. The third-order valence-corrected chi connectivity index (χ3v) is 4.89. The highest BCUT2D eigenvalue weighted by Gasteiger charge is 2.23. The van der Waals surface area contributed by atoms with Crippen LogP contribution in [0, 0.1) is 11.6 Å². The van der Waals surface area contributed by atoms with Crippen LogP contribution in [0.5, 0.6) is 0 Å². The van der Waals surface area contributed by atoms with Crippen LogP contribution in [-0.2, 0) is 16.1 Å². The Labute approximate surface area is 158 Å². The number of hydrogen-bond acceptors (Lipinski definition) is 5. The average Bonchev–Trinajstić information content (AvgIpc) is 3.05. The Balaban J connectivity index is 1.63. The van der Waals surface area contributed by atoms with E-state index in [0.717, 1.165) is 33.4 Å². The van der Waals surface area contributed by atoms with Gasteiger partial charge in [-0.05, 0) is 37.3 Å². The molecular weight excluding hydrogens is 374 g/mol. The number of nitrogens with zero attached hydrogens (tertiary/aromatic N) is 2. The standard InChI is InChI=1S/C19H16F2N2O3S/c1-11(26-19(25)12-7-8-13(20)14(21)9-12)18(24)23(2)10-17-22-15-5-3-4-6-16(15)27-17/h3-9,11H,10H2,1-2H3. The fraction of sp³-hybridized carbons (Fsp3) is 0.211. The molecule has 1 unspecified atom stereocenters. The monoisotopic (exact) mass is 390 g/mol. The van der Waals surface area contributed by atoms with Crippen LogP contribution in [0.4, 0.5) is 8.78 Å². The first-order valence-corrected chi connectivity index (χ1v) is 8.92. The van der Waals surface area contributed by atoms with Crippen molar-refractivity contribution in [3.8, 4) is 0 Å². The number of halogens is 2. The lowest BCUT2D eigenvalue weighted by Gasteiger charge is -2.20. The lowest BCUT2D eigenvalue weighted by atomic mass is 10.2. The summed E-state index contributed by atoms with van der Waals surface area (Å²) in [6.07, 6.45) is -1.08. The molecule has 0 aliphatic carbocycles. The number of ether oxygens (including phenoxy) is 1. The van der Waals surface area contributed by atoms with Gasteiger partial charge in [0.25, 0.3) is 5.91 Å². The summed E-state index contributed by atoms with van der Waals surface area (Å²) < 4.78 is 32.3. The van der Waals surface area contributed by atoms with Crippen molar-refractivity contribution >= 4 is 33.4 Å². The van der Waals surface area contributed by atoms with Crippen molar-refractivity contribution in [2.45, 2.75) is 19.6 Å². The molecule has 1 atom stereocenters. The minimum Gasteiger partial charge on any atom is -0.449 e. The van der Waals surface area contributed by atoms with E-state index in [1.54, 1.807) is 7.05 Å². The van der Waals surface area contributed by atoms with Crippen molar-refractivity contribution in [3.63, 3.8) is 0 Å². The van der Waals surface area contributed by atoms with Crippen LogP contribution in [0.15, 0.2) is 42.5 Å². The number of hydrogen-bond donors (Lipinski definition) is 0. The van der Waals surface area contributed by atoms with E-state index >= 15 is 0 Å². The maximum Gasteiger partial charge on any atom is 0.339 e. The number of carbonyl (C=O) groups excluding carboxylic acids is 2. The van der Waals surface area contributed by atoms with Gasteiger partial charge in [0.05, 0.1) is 22.3 Å². The maximum atomic E-state index is 13.2. The van der Waals surface area contributed by atoms with Crippen LogP contribution in [0.25, 0.3) is 10.2 Å². The number of benzene rings is 2. The molecule has 3 rings (SSSR count). The molecule has 1 heterocycles. The van der Waals surface area contributed by atoms with Gasteiger partial charge in [0.2, 0.25) is 0 Å². The minimum atomic E-state index is -1.16. The Kier molecular flexibility index (Phi) is 5.46. The molecule has 0 bridgehead atoms. The summed E-state index contributed by atoms with van der Waals surface area (Å²) in [6.45, 7) is 1.69. The van der Waals surface area contributed by atoms with E-state index in [1.165, 1.54) is 23.2 Å². The van der Waals surface area contributed by atoms with Crippen molar-refractivity contribution in [2.24, 2.45) is 0 Å². The largest absolute Gasteiger partial charge is 0.449 e. The second-order valence-electron chi connectivity index (χ2n) is 5.95. The van der Waals surface area contributed by atoms with Crippen molar-refractivity contribution in [1.82, 2.24) is 9.88 Å². The summed E-state index contributed by atoms with van der Waals surface area (Å²) in [7, 11) is 1.58. The van der Waals surface area contributed by atoms with Gasteiger partial charge in [-0.15, -0.1) is 11.3 Å². The molecule has 5 nitrogen and oxygen atoms in total. The Bertz CT molecular complexity index is 973. The number of rotatable bonds is 5. The summed E-state index contributed by atoms with van der Waals surface area (Å²) in [5.74, 6) is -3.55. The highest BCUT2D eigenvalue weighted by Crippen LogP contribution is 2.22. The Hall–Kier alpha value is -2.87. The second kappa shape index (κ2) is 7.79. The van der Waals surface area contributed by atoms with Crippen molar-refractivity contribution in [3.05, 3.63) is 64.7 Å². The topological polar surface area (TPSA) is 59.5 Å². The SMILES string of the molecule is CC(OC(=O)c1ccc(F)c(F)c1)C(=O)N(C)Cc1nc2ccccc2s1. The number of thiazole rings is 1. The first-order chi connectivity index (χ1) is 12.8. The number of para-hydroxylation sites is 1. The van der Waals surface area contributed by atoms with Crippen LogP contribution in [0.3, 0.4) is 0 Å². The molecule has 0 spiro atoms. The molecule has 3 aromatic rings. The fourth-order valence-electron chi connectivity index (χ4n) is 2.48. The summed E-state index contributed by atoms with van der Waals surface area (Å²) >= 11 is 1.48. The summed E-state index contributed by atoms with van der Waals surface area (Å²) in [6, 6.07) is 10.3. The van der Waals surface area contributed by atoms with Gasteiger partial charge in [-0.1, -0.05) is 12.1 Å². The van der Waals surface area contributed by atoms with Crippen LogP contribution in [0.2, 0.25) is 0 Å². The number of carbonyl (C=O) groups is 2. The number of amides is 1. The quantitative estimate of drug-likeness (QED) is 0.622. The van der Waals surface area contributed by atoms with E-state index in [2.05, 4.69) is 4.98 Å². The minimum absolute atomic E-state index is 0.164. The first-order valence-electron chi connectivity index (χ1n) is 8.10. The average molecular weight is 390 g/mol. The third-order valence-electron chi connectivity index (χ3n) is 3.87. The third kappa shape index (κ3) is 4.28. The van der Waals surface area contributed by atoms with Crippen LogP contribution in [-0.4, -0.2) is 34.9 Å². The molecular formula is C19H16F2N2O3S. The van der Waals surface area contributed by atoms with E-state index in [0.29, 0.717) is 0 Å². The number of fused-ring (bicyclic) bond motifs is 1. The molecule has 0 aliphatic rings. The first kappa shape index (κ1) is 18.9. The highest BCUT2D eigenvalue weighted by atomic mass is 32.1. The van der Waals surface area contributed by atoms with Gasteiger partial charge < -0.3 is 9.64 Å². The maximum absolute atomic E-state index is 13.2. The molecule has 140 valence electrons. The smallest absolute Gasteiger partial charge is 0.339 e. The molecule has 0 fully saturated rings. The van der Waals surface area contributed by atoms with Gasteiger partial charge in [-0.3, -0.25) is 4.79 Å². The molecule has 0 radical (unpaired) electrons. The number of likely N-dealkylation sites (N-methyl/N-ethyl adjacent to an activating group) is 1. The van der Waals surface area contributed by atoms with E-state index in [-0.39, 0.29) is 12.1 Å². The molecule has 0 aliphatic heterocycles. The zero-order chi connectivity index (χ0) is 19.6. The van der Waals surface area contributed by atoms with Gasteiger partial charge >= 0.3 is 5.97 Å². The van der Waals surface area contributed by atoms with E-state index in [4.69, 9.17) is 4.74 Å². The van der Waals surface area contributed by atoms with Crippen molar-refractivity contribution in [2.75, 3.05) is 7.05 Å². The Morgan fingerprint density at radius 2 is 1.93 bits per heavy atom. The summed E-state index contributed by atoms with van der Waals surface area (Å²) in [5.41, 5.74) is 0.693. The summed E-state index contributed by atoms with van der Waals surface area (Å²) in [5, 5.41) is 0.756. The van der Waals surface area contributed by atoms with Crippen LogP contribution < -0.4 is 0 Å². The molecule has 8 heteroatoms. The lowest BCUT2D eigenvalue weighted by Crippen LogP contribution is -2.37. The molecule has 1 aromatic heterocycles. The van der Waals surface area contributed by atoms with Gasteiger partial charge in [-0.2, -0.15) is 0 Å². The normalized spacial score (nSPS) is 12.0. The van der Waals surface area contributed by atoms with Crippen molar-refractivity contribution in [1.29, 1.82) is 0 Å². The predicted octanol–water partition coefficient (Wildman–Crippen LogP) is 3.78. The van der Waals surface area contributed by atoms with E-state index in [9.17, 15) is 18.4 Å². The molecule has 0 N–H and O–H groups in total. The predicted molar refractivity (Wildman–Crippen MR) is 97.3 cm³/mol.